The van der Waals surface area contributed by atoms with Crippen LogP contribution in [-0.2, 0) is 11.2 Å². The number of ether oxygens (including phenoxy) is 3. The quantitative estimate of drug-likeness (QED) is 0.708. The summed E-state index contributed by atoms with van der Waals surface area (Å²) in [6, 6.07) is 12.3. The summed E-state index contributed by atoms with van der Waals surface area (Å²) in [5.41, 5.74) is 4.49. The number of benzene rings is 2. The van der Waals surface area contributed by atoms with Crippen molar-refractivity contribution in [2.45, 2.75) is 45.3 Å². The molecule has 3 saturated heterocycles. The van der Waals surface area contributed by atoms with Gasteiger partial charge in [-0.1, -0.05) is 32.0 Å². The summed E-state index contributed by atoms with van der Waals surface area (Å²) >= 11 is 0. The Morgan fingerprint density at radius 1 is 1.00 bits per heavy atom. The third kappa shape index (κ3) is 4.29. The molecule has 33 heavy (non-hydrogen) atoms. The molecular weight excluding hydrogens is 416 g/mol. The lowest BCUT2D eigenvalue weighted by atomic mass is 9.85. The number of methoxy groups -OCH3 is 2. The van der Waals surface area contributed by atoms with E-state index in [1.165, 1.54) is 11.1 Å². The van der Waals surface area contributed by atoms with Gasteiger partial charge in [-0.05, 0) is 78.1 Å². The van der Waals surface area contributed by atoms with Gasteiger partial charge >= 0.3 is 6.09 Å². The Morgan fingerprint density at radius 2 is 1.70 bits per heavy atom. The molecular formula is C27H34N2O4. The van der Waals surface area contributed by atoms with Crippen molar-refractivity contribution in [1.82, 2.24) is 10.2 Å². The van der Waals surface area contributed by atoms with Gasteiger partial charge in [-0.2, -0.15) is 0 Å². The van der Waals surface area contributed by atoms with Gasteiger partial charge in [-0.25, -0.2) is 4.79 Å². The first-order chi connectivity index (χ1) is 15.9. The highest BCUT2D eigenvalue weighted by molar-refractivity contribution is 5.71. The molecule has 2 aromatic rings. The number of carbonyl (C=O) groups excluding carboxylic acids is 1. The number of rotatable bonds is 5. The van der Waals surface area contributed by atoms with Crippen LogP contribution in [0.5, 0.6) is 11.5 Å². The predicted molar refractivity (Wildman–Crippen MR) is 128 cm³/mol. The van der Waals surface area contributed by atoms with Crippen molar-refractivity contribution < 1.29 is 19.0 Å². The van der Waals surface area contributed by atoms with Gasteiger partial charge in [0.15, 0.2) is 0 Å². The van der Waals surface area contributed by atoms with Gasteiger partial charge in [0, 0.05) is 12.6 Å². The fourth-order valence-corrected chi connectivity index (χ4v) is 5.81. The monoisotopic (exact) mass is 450 g/mol. The molecule has 176 valence electrons. The molecule has 3 heterocycles. The van der Waals surface area contributed by atoms with Crippen molar-refractivity contribution in [1.29, 1.82) is 0 Å². The maximum atomic E-state index is 12.9. The fraction of sp³-hybridized carbons (Fsp3) is 0.519. The zero-order valence-electron chi connectivity index (χ0n) is 20.0. The number of nitrogens with zero attached hydrogens (tertiary/aromatic N) is 1. The highest BCUT2D eigenvalue weighted by Crippen LogP contribution is 2.46. The summed E-state index contributed by atoms with van der Waals surface area (Å²) < 4.78 is 16.8. The van der Waals surface area contributed by atoms with Crippen molar-refractivity contribution in [3.63, 3.8) is 0 Å². The first-order valence-electron chi connectivity index (χ1n) is 11.9. The highest BCUT2D eigenvalue weighted by atomic mass is 16.6. The number of alkyl carbamates (subject to hydrolysis) is 1. The van der Waals surface area contributed by atoms with Gasteiger partial charge < -0.3 is 19.5 Å². The second-order valence-corrected chi connectivity index (χ2v) is 10.3. The number of fused-ring (bicyclic) bond motifs is 4. The molecule has 0 saturated carbocycles. The van der Waals surface area contributed by atoms with Crippen LogP contribution in [0.3, 0.4) is 0 Å². The molecule has 1 unspecified atom stereocenters. The zero-order valence-corrected chi connectivity index (χ0v) is 20.0. The molecule has 3 fully saturated rings. The summed E-state index contributed by atoms with van der Waals surface area (Å²) in [6.07, 6.45) is 2.88. The molecule has 6 nitrogen and oxygen atoms in total. The predicted octanol–water partition coefficient (Wildman–Crippen LogP) is 4.81. The second kappa shape index (κ2) is 8.56. The van der Waals surface area contributed by atoms with Crippen molar-refractivity contribution in [3.8, 4) is 22.6 Å². The van der Waals surface area contributed by atoms with Gasteiger partial charge in [-0.3, -0.25) is 4.90 Å². The van der Waals surface area contributed by atoms with Crippen LogP contribution in [0.25, 0.3) is 11.1 Å². The minimum absolute atomic E-state index is 0.0157. The first-order valence-corrected chi connectivity index (χ1v) is 11.9. The summed E-state index contributed by atoms with van der Waals surface area (Å²) in [5.74, 6) is 2.03. The molecule has 6 heteroatoms. The number of amides is 1. The molecule has 0 aromatic heterocycles. The van der Waals surface area contributed by atoms with Crippen LogP contribution >= 0.6 is 0 Å². The lowest BCUT2D eigenvalue weighted by Gasteiger charge is -2.44. The summed E-state index contributed by atoms with van der Waals surface area (Å²) in [7, 11) is 3.32. The molecule has 0 radical (unpaired) electrons. The average molecular weight is 451 g/mol. The Labute approximate surface area is 196 Å². The minimum Gasteiger partial charge on any atom is -0.497 e. The third-order valence-electron chi connectivity index (χ3n) is 7.68. The maximum absolute atomic E-state index is 12.9. The van der Waals surface area contributed by atoms with E-state index in [4.69, 9.17) is 14.2 Å². The smallest absolute Gasteiger partial charge is 0.407 e. The number of carbonyl (C=O) groups is 1. The van der Waals surface area contributed by atoms with Crippen LogP contribution in [0, 0.1) is 11.3 Å². The zero-order chi connectivity index (χ0) is 23.2. The third-order valence-corrected chi connectivity index (χ3v) is 7.68. The standard InChI is InChI=1S/C27H34N2O4/c1-27(2)15-20-11-18(19-12-21(31-3)14-22(13-19)32-4)5-6-23(20)25(27)28-26(30)33-24-16-29-9-7-17(24)8-10-29/h5-6,11-14,17,24-25H,7-10,15-16H2,1-4H3,(H,28,30)/t24-,25?/m1/s1. The van der Waals surface area contributed by atoms with Gasteiger partial charge in [0.25, 0.3) is 0 Å². The number of hydrogen-bond donors (Lipinski definition) is 1. The van der Waals surface area contributed by atoms with E-state index in [1.54, 1.807) is 14.2 Å². The largest absolute Gasteiger partial charge is 0.497 e. The van der Waals surface area contributed by atoms with Crippen molar-refractivity contribution in [2.75, 3.05) is 33.9 Å². The van der Waals surface area contributed by atoms with Crippen LogP contribution in [0.4, 0.5) is 4.79 Å². The van der Waals surface area contributed by atoms with E-state index in [0.717, 1.165) is 61.5 Å². The lowest BCUT2D eigenvalue weighted by molar-refractivity contribution is -0.0348. The fourth-order valence-electron chi connectivity index (χ4n) is 5.81. The molecule has 1 amide bonds. The van der Waals surface area contributed by atoms with E-state index in [1.807, 2.05) is 18.2 Å². The molecule has 2 atom stereocenters. The number of nitrogens with one attached hydrogen (secondary N) is 1. The van der Waals surface area contributed by atoms with Crippen molar-refractivity contribution >= 4 is 6.09 Å². The topological polar surface area (TPSA) is 60.0 Å². The average Bonchev–Trinajstić information content (AvgIpc) is 3.07. The molecule has 6 rings (SSSR count). The Hall–Kier alpha value is -2.73. The van der Waals surface area contributed by atoms with Crippen molar-refractivity contribution in [2.24, 2.45) is 11.3 Å². The molecule has 0 spiro atoms. The Balaban J connectivity index is 1.35. The number of piperidine rings is 3. The molecule has 2 bridgehead atoms. The van der Waals surface area contributed by atoms with Crippen LogP contribution in [0.2, 0.25) is 0 Å². The highest BCUT2D eigenvalue weighted by Gasteiger charge is 2.42. The van der Waals surface area contributed by atoms with E-state index >= 15 is 0 Å². The molecule has 1 aliphatic carbocycles. The van der Waals surface area contributed by atoms with Gasteiger partial charge in [0.05, 0.1) is 20.3 Å². The van der Waals surface area contributed by atoms with Gasteiger partial charge in [0.1, 0.15) is 17.6 Å². The van der Waals surface area contributed by atoms with Crippen LogP contribution in [-0.4, -0.2) is 51.0 Å². The number of hydrogen-bond acceptors (Lipinski definition) is 5. The van der Waals surface area contributed by atoms with Crippen LogP contribution < -0.4 is 14.8 Å². The summed E-state index contributed by atoms with van der Waals surface area (Å²) in [6.45, 7) is 7.56. The van der Waals surface area contributed by atoms with Crippen molar-refractivity contribution in [3.05, 3.63) is 47.5 Å². The van der Waals surface area contributed by atoms with Gasteiger partial charge in [0.2, 0.25) is 0 Å². The lowest BCUT2D eigenvalue weighted by Crippen LogP contribution is -2.53. The van der Waals surface area contributed by atoms with E-state index in [9.17, 15) is 4.79 Å². The molecule has 1 N–H and O–H groups in total. The van der Waals surface area contributed by atoms with Crippen LogP contribution in [0.1, 0.15) is 43.9 Å². The van der Waals surface area contributed by atoms with E-state index < -0.39 is 0 Å². The Kier molecular flexibility index (Phi) is 5.73. The first kappa shape index (κ1) is 22.1. The molecule has 2 aromatic carbocycles. The van der Waals surface area contributed by atoms with Crippen LogP contribution in [0.15, 0.2) is 36.4 Å². The second-order valence-electron chi connectivity index (χ2n) is 10.3. The van der Waals surface area contributed by atoms with E-state index in [0.29, 0.717) is 5.92 Å². The molecule has 4 aliphatic rings. The maximum Gasteiger partial charge on any atom is 0.407 e. The molecule has 3 aliphatic heterocycles. The van der Waals surface area contributed by atoms with Gasteiger partial charge in [-0.15, -0.1) is 0 Å². The SMILES string of the molecule is COc1cc(OC)cc(-c2ccc3c(c2)CC(C)(C)C3NC(=O)O[C@@H]2CN3CCC2CC3)c1. The Bertz CT molecular complexity index is 1020. The summed E-state index contributed by atoms with van der Waals surface area (Å²) in [4.78, 5) is 15.3. The minimum atomic E-state index is -0.290. The normalized spacial score (nSPS) is 27.0. The summed E-state index contributed by atoms with van der Waals surface area (Å²) in [5, 5.41) is 3.21. The Morgan fingerprint density at radius 3 is 2.30 bits per heavy atom. The van der Waals surface area contributed by atoms with E-state index in [2.05, 4.69) is 42.3 Å². The van der Waals surface area contributed by atoms with E-state index in [-0.39, 0.29) is 23.7 Å².